The van der Waals surface area contributed by atoms with Crippen molar-refractivity contribution in [1.82, 2.24) is 14.8 Å². The number of nitrogens with one attached hydrogen (secondary N) is 2. The van der Waals surface area contributed by atoms with Gasteiger partial charge in [0.2, 0.25) is 11.1 Å². The Hall–Kier alpha value is -3.26. The average molecular weight is 464 g/mol. The fraction of sp³-hybridized carbons (Fsp3) is 0.320. The second kappa shape index (κ2) is 10.1. The molecule has 3 aromatic rings. The third-order valence-electron chi connectivity index (χ3n) is 5.51. The Morgan fingerprint density at radius 2 is 2.00 bits per heavy atom. The number of carbonyl (C=O) groups is 1. The average Bonchev–Trinajstić information content (AvgIpc) is 3.20. The second-order valence-corrected chi connectivity index (χ2v) is 9.09. The molecule has 2 aromatic carbocycles. The van der Waals surface area contributed by atoms with Crippen LogP contribution in [-0.4, -0.2) is 33.5 Å². The molecule has 0 bridgehead atoms. The smallest absolute Gasteiger partial charge is 0.255 e. The maximum absolute atomic E-state index is 13.5. The number of hydrogen-bond acceptors (Lipinski definition) is 6. The third kappa shape index (κ3) is 5.06. The second-order valence-electron chi connectivity index (χ2n) is 8.03. The van der Waals surface area contributed by atoms with Gasteiger partial charge in [-0.3, -0.25) is 4.79 Å². The zero-order valence-corrected chi connectivity index (χ0v) is 20.2. The number of ether oxygens (including phenoxy) is 1. The first-order valence-electron chi connectivity index (χ1n) is 11.1. The molecule has 1 atom stereocenters. The number of nitrogens with zero attached hydrogens (tertiary/aromatic N) is 3. The van der Waals surface area contributed by atoms with E-state index in [1.165, 1.54) is 0 Å². The van der Waals surface area contributed by atoms with Crippen LogP contribution in [0.15, 0.2) is 65.0 Å². The summed E-state index contributed by atoms with van der Waals surface area (Å²) in [6.45, 7) is 6.07. The van der Waals surface area contributed by atoms with Gasteiger partial charge in [0.25, 0.3) is 5.91 Å². The summed E-state index contributed by atoms with van der Waals surface area (Å²) in [5.41, 5.74) is 4.13. The molecule has 0 spiro atoms. The summed E-state index contributed by atoms with van der Waals surface area (Å²) < 4.78 is 7.14. The summed E-state index contributed by atoms with van der Waals surface area (Å²) in [7, 11) is 1.64. The number of fused-ring (bicyclic) bond motifs is 1. The number of benzene rings is 2. The van der Waals surface area contributed by atoms with E-state index in [4.69, 9.17) is 9.84 Å². The molecule has 2 N–H and O–H groups in total. The molecular formula is C25H29N5O2S. The van der Waals surface area contributed by atoms with Gasteiger partial charge in [0.1, 0.15) is 11.8 Å². The first kappa shape index (κ1) is 22.9. The number of hydrogen-bond donors (Lipinski definition) is 2. The molecule has 4 rings (SSSR count). The topological polar surface area (TPSA) is 81.1 Å². The van der Waals surface area contributed by atoms with Gasteiger partial charge < -0.3 is 15.4 Å². The Kier molecular flexibility index (Phi) is 7.03. The molecule has 2 heterocycles. The molecule has 0 fully saturated rings. The van der Waals surface area contributed by atoms with Crippen LogP contribution in [-0.2, 0) is 4.79 Å². The molecule has 1 aliphatic rings. The summed E-state index contributed by atoms with van der Waals surface area (Å²) >= 11 is 1.63. The van der Waals surface area contributed by atoms with Gasteiger partial charge in [0.05, 0.1) is 12.7 Å². The lowest BCUT2D eigenvalue weighted by Gasteiger charge is -2.28. The summed E-state index contributed by atoms with van der Waals surface area (Å²) in [4.78, 5) is 18.2. The SMILES string of the molecule is CCCCSc1nc2n(n1)C(c1ccc(OC)cc1)C(C(=O)Nc1cccc(C)c1)=C(C)N2. The van der Waals surface area contributed by atoms with Crippen molar-refractivity contribution in [2.45, 2.75) is 44.8 Å². The highest BCUT2D eigenvalue weighted by molar-refractivity contribution is 7.99. The van der Waals surface area contributed by atoms with Crippen LogP contribution in [0.3, 0.4) is 0 Å². The maximum Gasteiger partial charge on any atom is 0.255 e. The number of aryl methyl sites for hydroxylation is 1. The largest absolute Gasteiger partial charge is 0.497 e. The first-order chi connectivity index (χ1) is 16.0. The van der Waals surface area contributed by atoms with Crippen LogP contribution in [0.4, 0.5) is 11.6 Å². The Balaban J connectivity index is 1.72. The van der Waals surface area contributed by atoms with E-state index in [0.29, 0.717) is 16.7 Å². The van der Waals surface area contributed by atoms with Crippen molar-refractivity contribution >= 4 is 29.3 Å². The monoisotopic (exact) mass is 463 g/mol. The molecule has 1 aromatic heterocycles. The lowest BCUT2D eigenvalue weighted by atomic mass is 9.95. The number of amides is 1. The molecule has 0 aliphatic carbocycles. The maximum atomic E-state index is 13.5. The Bertz CT molecular complexity index is 1170. The van der Waals surface area contributed by atoms with Crippen molar-refractivity contribution < 1.29 is 9.53 Å². The zero-order chi connectivity index (χ0) is 23.4. The molecule has 8 heteroatoms. The van der Waals surface area contributed by atoms with Gasteiger partial charge in [-0.25, -0.2) is 4.68 Å². The zero-order valence-electron chi connectivity index (χ0n) is 19.4. The van der Waals surface area contributed by atoms with E-state index < -0.39 is 6.04 Å². The minimum absolute atomic E-state index is 0.173. The number of allylic oxidation sites excluding steroid dienone is 1. The molecule has 0 saturated heterocycles. The quantitative estimate of drug-likeness (QED) is 0.343. The predicted octanol–water partition coefficient (Wildman–Crippen LogP) is 5.41. The van der Waals surface area contributed by atoms with Crippen molar-refractivity contribution in [1.29, 1.82) is 0 Å². The van der Waals surface area contributed by atoms with Crippen LogP contribution in [0.5, 0.6) is 5.75 Å². The number of unbranched alkanes of at least 4 members (excludes halogenated alkanes) is 1. The fourth-order valence-electron chi connectivity index (χ4n) is 3.81. The molecule has 33 heavy (non-hydrogen) atoms. The number of rotatable bonds is 8. The molecule has 1 aliphatic heterocycles. The van der Waals surface area contributed by atoms with E-state index in [9.17, 15) is 4.79 Å². The molecular weight excluding hydrogens is 434 g/mol. The number of aromatic nitrogens is 3. The normalized spacial score (nSPS) is 15.1. The number of methoxy groups -OCH3 is 1. The molecule has 172 valence electrons. The Morgan fingerprint density at radius 3 is 2.70 bits per heavy atom. The number of anilines is 2. The van der Waals surface area contributed by atoms with Crippen molar-refractivity contribution in [3.8, 4) is 5.75 Å². The van der Waals surface area contributed by atoms with Crippen LogP contribution in [0.2, 0.25) is 0 Å². The minimum Gasteiger partial charge on any atom is -0.497 e. The van der Waals surface area contributed by atoms with Gasteiger partial charge in [0.15, 0.2) is 0 Å². The highest BCUT2D eigenvalue weighted by Crippen LogP contribution is 2.37. The summed E-state index contributed by atoms with van der Waals surface area (Å²) in [5.74, 6) is 2.18. The first-order valence-corrected chi connectivity index (χ1v) is 12.1. The summed E-state index contributed by atoms with van der Waals surface area (Å²) in [6, 6.07) is 15.1. The van der Waals surface area contributed by atoms with E-state index in [-0.39, 0.29) is 5.91 Å². The number of thioether (sulfide) groups is 1. The van der Waals surface area contributed by atoms with Crippen LogP contribution >= 0.6 is 11.8 Å². The van der Waals surface area contributed by atoms with Gasteiger partial charge in [-0.15, -0.1) is 5.10 Å². The lowest BCUT2D eigenvalue weighted by Crippen LogP contribution is -2.31. The highest BCUT2D eigenvalue weighted by atomic mass is 32.2. The van der Waals surface area contributed by atoms with Crippen LogP contribution in [0.25, 0.3) is 0 Å². The molecule has 0 saturated carbocycles. The van der Waals surface area contributed by atoms with Gasteiger partial charge >= 0.3 is 0 Å². The van der Waals surface area contributed by atoms with Gasteiger partial charge in [-0.1, -0.05) is 49.4 Å². The Labute approximate surface area is 198 Å². The van der Waals surface area contributed by atoms with Gasteiger partial charge in [-0.2, -0.15) is 4.98 Å². The van der Waals surface area contributed by atoms with Crippen molar-refractivity contribution in [2.24, 2.45) is 0 Å². The van der Waals surface area contributed by atoms with E-state index >= 15 is 0 Å². The van der Waals surface area contributed by atoms with Crippen LogP contribution < -0.4 is 15.4 Å². The van der Waals surface area contributed by atoms with E-state index in [1.54, 1.807) is 18.9 Å². The molecule has 7 nitrogen and oxygen atoms in total. The molecule has 0 radical (unpaired) electrons. The minimum atomic E-state index is -0.412. The van der Waals surface area contributed by atoms with Gasteiger partial charge in [0, 0.05) is 17.1 Å². The van der Waals surface area contributed by atoms with E-state index in [2.05, 4.69) is 22.5 Å². The summed E-state index contributed by atoms with van der Waals surface area (Å²) in [5, 5.41) is 11.8. The number of carbonyl (C=O) groups excluding carboxylic acids is 1. The van der Waals surface area contributed by atoms with E-state index in [0.717, 1.165) is 46.9 Å². The van der Waals surface area contributed by atoms with Crippen molar-refractivity contribution in [3.05, 3.63) is 70.9 Å². The van der Waals surface area contributed by atoms with Crippen molar-refractivity contribution in [2.75, 3.05) is 23.5 Å². The molecule has 1 unspecified atom stereocenters. The lowest BCUT2D eigenvalue weighted by molar-refractivity contribution is -0.113. The standard InChI is InChI=1S/C25H29N5O2S/c1-5-6-14-33-25-28-24-26-17(3)21(23(31)27-19-9-7-8-16(2)15-19)22(30(24)29-25)18-10-12-20(32-4)13-11-18/h7-13,15,22H,5-6,14H2,1-4H3,(H,27,31)(H,26,28,29). The van der Waals surface area contributed by atoms with Crippen molar-refractivity contribution in [3.63, 3.8) is 0 Å². The Morgan fingerprint density at radius 1 is 1.21 bits per heavy atom. The summed E-state index contributed by atoms with van der Waals surface area (Å²) in [6.07, 6.45) is 2.22. The fourth-order valence-corrected chi connectivity index (χ4v) is 4.72. The highest BCUT2D eigenvalue weighted by Gasteiger charge is 2.34. The van der Waals surface area contributed by atoms with Gasteiger partial charge in [-0.05, 0) is 55.7 Å². The van der Waals surface area contributed by atoms with Crippen LogP contribution in [0.1, 0.15) is 43.9 Å². The van der Waals surface area contributed by atoms with Crippen LogP contribution in [0, 0.1) is 6.92 Å². The molecule has 1 amide bonds. The predicted molar refractivity (Wildman–Crippen MR) is 133 cm³/mol. The van der Waals surface area contributed by atoms with E-state index in [1.807, 2.05) is 67.1 Å². The third-order valence-corrected chi connectivity index (χ3v) is 6.44.